The van der Waals surface area contributed by atoms with Crippen LogP contribution < -0.4 is 5.32 Å². The van der Waals surface area contributed by atoms with E-state index in [9.17, 15) is 14.3 Å². The molecule has 0 saturated heterocycles. The van der Waals surface area contributed by atoms with Gasteiger partial charge >= 0.3 is 5.97 Å². The number of carboxylic acid groups (broad SMARTS) is 1. The number of rotatable bonds is 7. The molecule has 3 rings (SSSR count). The van der Waals surface area contributed by atoms with Crippen molar-refractivity contribution < 1.29 is 14.3 Å². The normalized spacial score (nSPS) is 12.0. The molecule has 2 N–H and O–H groups in total. The van der Waals surface area contributed by atoms with Gasteiger partial charge in [0.15, 0.2) is 0 Å². The number of carboxylic acids is 1. The molecular formula is C21H21ClFN3O2. The first-order valence-corrected chi connectivity index (χ1v) is 9.32. The number of aliphatic carboxylic acids is 1. The van der Waals surface area contributed by atoms with Gasteiger partial charge in [-0.25, -0.2) is 4.39 Å². The second-order valence-corrected chi connectivity index (χ2v) is 7.10. The number of benzene rings is 2. The maximum atomic E-state index is 14.3. The fraction of sp³-hybridized carbons (Fsp3) is 0.238. The third kappa shape index (κ3) is 4.51. The van der Waals surface area contributed by atoms with Gasteiger partial charge in [0, 0.05) is 35.1 Å². The standard InChI is InChI=1S/C21H21ClFN3O2/c1-3-13(9-21(27)28)14-4-6-17(15-11-24-26(2)12-15)20(8-14)25-19-7-5-16(22)10-18(19)23/h4-8,10-13,25H,3,9H2,1-2H3,(H,27,28)/t13-/m1/s1. The Morgan fingerprint density at radius 1 is 1.29 bits per heavy atom. The van der Waals surface area contributed by atoms with Gasteiger partial charge in [-0.3, -0.25) is 9.48 Å². The van der Waals surface area contributed by atoms with E-state index in [1.54, 1.807) is 23.0 Å². The van der Waals surface area contributed by atoms with Crippen molar-refractivity contribution in [3.8, 4) is 11.1 Å². The molecule has 0 spiro atoms. The summed E-state index contributed by atoms with van der Waals surface area (Å²) in [6, 6.07) is 10.1. The van der Waals surface area contributed by atoms with Gasteiger partial charge in [0.05, 0.1) is 18.3 Å². The molecule has 0 fully saturated rings. The molecule has 2 aromatic carbocycles. The zero-order chi connectivity index (χ0) is 20.3. The van der Waals surface area contributed by atoms with Gasteiger partial charge in [0.1, 0.15) is 5.82 Å². The van der Waals surface area contributed by atoms with Crippen LogP contribution in [0.1, 0.15) is 31.2 Å². The second kappa shape index (κ2) is 8.44. The monoisotopic (exact) mass is 401 g/mol. The quantitative estimate of drug-likeness (QED) is 0.541. The minimum atomic E-state index is -0.846. The lowest BCUT2D eigenvalue weighted by molar-refractivity contribution is -0.137. The first-order valence-electron chi connectivity index (χ1n) is 8.94. The van der Waals surface area contributed by atoms with Crippen LogP contribution in [0.5, 0.6) is 0 Å². The van der Waals surface area contributed by atoms with Crippen LogP contribution in [-0.4, -0.2) is 20.9 Å². The third-order valence-corrected chi connectivity index (χ3v) is 4.88. The topological polar surface area (TPSA) is 67.1 Å². The fourth-order valence-electron chi connectivity index (χ4n) is 3.18. The number of aryl methyl sites for hydroxylation is 1. The molecule has 0 saturated carbocycles. The van der Waals surface area contributed by atoms with Crippen molar-refractivity contribution >= 4 is 28.9 Å². The van der Waals surface area contributed by atoms with E-state index in [1.165, 1.54) is 6.07 Å². The summed E-state index contributed by atoms with van der Waals surface area (Å²) in [5.74, 6) is -1.44. The lowest BCUT2D eigenvalue weighted by Gasteiger charge is -2.18. The largest absolute Gasteiger partial charge is 0.481 e. The van der Waals surface area contributed by atoms with Crippen molar-refractivity contribution in [1.82, 2.24) is 9.78 Å². The van der Waals surface area contributed by atoms with E-state index in [-0.39, 0.29) is 18.0 Å². The summed E-state index contributed by atoms with van der Waals surface area (Å²) < 4.78 is 16.0. The maximum absolute atomic E-state index is 14.3. The lowest BCUT2D eigenvalue weighted by atomic mass is 9.91. The number of nitrogens with one attached hydrogen (secondary N) is 1. The average Bonchev–Trinajstić information content (AvgIpc) is 3.08. The number of carbonyl (C=O) groups is 1. The van der Waals surface area contributed by atoms with Gasteiger partial charge in [-0.2, -0.15) is 5.10 Å². The van der Waals surface area contributed by atoms with Gasteiger partial charge in [0.25, 0.3) is 0 Å². The molecule has 0 unspecified atom stereocenters. The minimum Gasteiger partial charge on any atom is -0.481 e. The van der Waals surface area contributed by atoms with Gasteiger partial charge in [-0.15, -0.1) is 0 Å². The molecular weight excluding hydrogens is 381 g/mol. The smallest absolute Gasteiger partial charge is 0.303 e. The van der Waals surface area contributed by atoms with E-state index in [0.717, 1.165) is 16.7 Å². The van der Waals surface area contributed by atoms with Crippen molar-refractivity contribution in [2.24, 2.45) is 7.05 Å². The Hall–Kier alpha value is -2.86. The van der Waals surface area contributed by atoms with Gasteiger partial charge in [-0.05, 0) is 42.2 Å². The summed E-state index contributed by atoms with van der Waals surface area (Å²) in [7, 11) is 1.82. The molecule has 0 aliphatic carbocycles. The molecule has 3 aromatic rings. The first-order chi connectivity index (χ1) is 13.4. The Balaban J connectivity index is 2.06. The van der Waals surface area contributed by atoms with E-state index in [2.05, 4.69) is 10.4 Å². The SMILES string of the molecule is CC[C@H](CC(=O)O)c1ccc(-c2cnn(C)c2)c(Nc2ccc(Cl)cc2F)c1. The summed E-state index contributed by atoms with van der Waals surface area (Å²) in [4.78, 5) is 11.2. The van der Waals surface area contributed by atoms with Crippen LogP contribution in [0.2, 0.25) is 5.02 Å². The number of nitrogens with zero attached hydrogens (tertiary/aromatic N) is 2. The first kappa shape index (κ1) is 19.9. The fourth-order valence-corrected chi connectivity index (χ4v) is 3.33. The Morgan fingerprint density at radius 3 is 2.68 bits per heavy atom. The average molecular weight is 402 g/mol. The third-order valence-electron chi connectivity index (χ3n) is 4.65. The van der Waals surface area contributed by atoms with E-state index in [0.29, 0.717) is 17.1 Å². The van der Waals surface area contributed by atoms with Gasteiger partial charge in [-0.1, -0.05) is 30.7 Å². The molecule has 28 heavy (non-hydrogen) atoms. The van der Waals surface area contributed by atoms with E-state index in [1.807, 2.05) is 38.4 Å². The number of aromatic nitrogens is 2. The van der Waals surface area contributed by atoms with E-state index < -0.39 is 11.8 Å². The van der Waals surface area contributed by atoms with Crippen molar-refractivity contribution in [2.45, 2.75) is 25.7 Å². The summed E-state index contributed by atoms with van der Waals surface area (Å²) >= 11 is 5.85. The van der Waals surface area contributed by atoms with Crippen LogP contribution in [0, 0.1) is 5.82 Å². The molecule has 0 amide bonds. The van der Waals surface area contributed by atoms with Crippen LogP contribution in [0.15, 0.2) is 48.8 Å². The zero-order valence-electron chi connectivity index (χ0n) is 15.6. The molecule has 1 aromatic heterocycles. The molecule has 0 aliphatic heterocycles. The van der Waals surface area contributed by atoms with E-state index >= 15 is 0 Å². The summed E-state index contributed by atoms with van der Waals surface area (Å²) in [6.07, 6.45) is 4.32. The Morgan fingerprint density at radius 2 is 2.07 bits per heavy atom. The van der Waals surface area contributed by atoms with Gasteiger partial charge < -0.3 is 10.4 Å². The number of hydrogen-bond donors (Lipinski definition) is 2. The molecule has 5 nitrogen and oxygen atoms in total. The zero-order valence-corrected chi connectivity index (χ0v) is 16.4. The number of anilines is 2. The highest BCUT2D eigenvalue weighted by Crippen LogP contribution is 2.35. The van der Waals surface area contributed by atoms with Crippen LogP contribution in [0.3, 0.4) is 0 Å². The van der Waals surface area contributed by atoms with Crippen LogP contribution in [0.25, 0.3) is 11.1 Å². The highest BCUT2D eigenvalue weighted by molar-refractivity contribution is 6.30. The summed E-state index contributed by atoms with van der Waals surface area (Å²) in [5, 5.41) is 16.8. The van der Waals surface area contributed by atoms with Crippen molar-refractivity contribution in [3.05, 3.63) is 65.2 Å². The highest BCUT2D eigenvalue weighted by atomic mass is 35.5. The molecule has 7 heteroatoms. The minimum absolute atomic E-state index is 0.0392. The number of hydrogen-bond acceptors (Lipinski definition) is 3. The molecule has 1 atom stereocenters. The summed E-state index contributed by atoms with van der Waals surface area (Å²) in [6.45, 7) is 1.95. The predicted molar refractivity (Wildman–Crippen MR) is 109 cm³/mol. The van der Waals surface area contributed by atoms with Crippen molar-refractivity contribution in [2.75, 3.05) is 5.32 Å². The Bertz CT molecular complexity index is 1000. The lowest BCUT2D eigenvalue weighted by Crippen LogP contribution is -2.06. The predicted octanol–water partition coefficient (Wildman–Crippen LogP) is 5.59. The molecule has 1 heterocycles. The summed E-state index contributed by atoms with van der Waals surface area (Å²) in [5.41, 5.74) is 3.57. The van der Waals surface area contributed by atoms with Crippen LogP contribution in [-0.2, 0) is 11.8 Å². The molecule has 146 valence electrons. The second-order valence-electron chi connectivity index (χ2n) is 6.66. The van der Waals surface area contributed by atoms with Crippen molar-refractivity contribution in [3.63, 3.8) is 0 Å². The Kier molecular flexibility index (Phi) is 5.99. The molecule has 0 bridgehead atoms. The molecule has 0 radical (unpaired) electrons. The number of halogens is 2. The van der Waals surface area contributed by atoms with Crippen LogP contribution in [0.4, 0.5) is 15.8 Å². The van der Waals surface area contributed by atoms with Crippen molar-refractivity contribution in [1.29, 1.82) is 0 Å². The Labute approximate surface area is 167 Å². The highest BCUT2D eigenvalue weighted by Gasteiger charge is 2.17. The van der Waals surface area contributed by atoms with Gasteiger partial charge in [0.2, 0.25) is 0 Å². The van der Waals surface area contributed by atoms with Crippen LogP contribution >= 0.6 is 11.6 Å². The molecule has 0 aliphatic rings. The maximum Gasteiger partial charge on any atom is 0.303 e. The van der Waals surface area contributed by atoms with E-state index in [4.69, 9.17) is 11.6 Å².